The van der Waals surface area contributed by atoms with Crippen molar-refractivity contribution >= 4 is 21.1 Å². The zero-order valence-electron chi connectivity index (χ0n) is 14.7. The van der Waals surface area contributed by atoms with Gasteiger partial charge < -0.3 is 9.64 Å². The summed E-state index contributed by atoms with van der Waals surface area (Å²) < 4.78 is 33.3. The summed E-state index contributed by atoms with van der Waals surface area (Å²) in [6, 6.07) is 5.03. The van der Waals surface area contributed by atoms with E-state index >= 15 is 0 Å². The molecule has 25 heavy (non-hydrogen) atoms. The summed E-state index contributed by atoms with van der Waals surface area (Å²) in [7, 11) is -0.238. The molecule has 138 valence electrons. The lowest BCUT2D eigenvalue weighted by atomic mass is 9.98. The van der Waals surface area contributed by atoms with E-state index in [2.05, 4.69) is 19.8 Å². The van der Waals surface area contributed by atoms with Gasteiger partial charge in [0.25, 0.3) is 0 Å². The number of ether oxygens (including phenoxy) is 1. The number of nitrogens with zero attached hydrogens (tertiary/aromatic N) is 4. The van der Waals surface area contributed by atoms with E-state index < -0.39 is 10.0 Å². The number of hydrogen-bond acceptors (Lipinski definition) is 6. The summed E-state index contributed by atoms with van der Waals surface area (Å²) in [5, 5.41) is 8.35. The lowest BCUT2D eigenvalue weighted by molar-refractivity contribution is 0.115. The Balaban J connectivity index is 1.67. The predicted octanol–water partition coefficient (Wildman–Crippen LogP) is 0.605. The number of hydrogen-bond donors (Lipinski definition) is 1. The lowest BCUT2D eigenvalue weighted by Gasteiger charge is -2.32. The average Bonchev–Trinajstić information content (AvgIpc) is 2.98. The molecule has 0 unspecified atom stereocenters. The van der Waals surface area contributed by atoms with Gasteiger partial charge in [0, 0.05) is 33.8 Å². The Morgan fingerprint density at radius 3 is 3.00 bits per heavy atom. The minimum Gasteiger partial charge on any atom is -0.383 e. The van der Waals surface area contributed by atoms with Gasteiger partial charge in [-0.1, -0.05) is 6.07 Å². The number of aryl methyl sites for hydroxylation is 1. The Labute approximate surface area is 148 Å². The Hall–Kier alpha value is -1.55. The second-order valence-electron chi connectivity index (χ2n) is 6.47. The Morgan fingerprint density at radius 2 is 2.20 bits per heavy atom. The van der Waals surface area contributed by atoms with Crippen LogP contribution < -0.4 is 4.72 Å². The first-order valence-corrected chi connectivity index (χ1v) is 9.99. The van der Waals surface area contributed by atoms with Crippen molar-refractivity contribution in [3.05, 3.63) is 18.2 Å². The van der Waals surface area contributed by atoms with Crippen molar-refractivity contribution in [1.29, 1.82) is 0 Å². The van der Waals surface area contributed by atoms with Crippen molar-refractivity contribution in [2.24, 2.45) is 13.0 Å². The highest BCUT2D eigenvalue weighted by Gasteiger charge is 2.24. The third-order valence-corrected chi connectivity index (χ3v) is 6.00. The van der Waals surface area contributed by atoms with E-state index in [0.717, 1.165) is 32.5 Å². The van der Waals surface area contributed by atoms with Gasteiger partial charge in [0.15, 0.2) is 0 Å². The van der Waals surface area contributed by atoms with E-state index in [9.17, 15) is 8.42 Å². The quantitative estimate of drug-likeness (QED) is 0.771. The molecule has 0 aliphatic carbocycles. The summed E-state index contributed by atoms with van der Waals surface area (Å²) in [6.07, 6.45) is 2.11. The molecule has 1 atom stereocenters. The van der Waals surface area contributed by atoms with Crippen LogP contribution in [-0.2, 0) is 21.8 Å². The van der Waals surface area contributed by atoms with Crippen LogP contribution >= 0.6 is 0 Å². The molecule has 1 aliphatic heterocycles. The van der Waals surface area contributed by atoms with Crippen LogP contribution in [-0.4, -0.2) is 68.2 Å². The zero-order valence-corrected chi connectivity index (χ0v) is 15.5. The second kappa shape index (κ2) is 7.77. The van der Waals surface area contributed by atoms with Crippen LogP contribution in [0.25, 0.3) is 11.0 Å². The Bertz CT molecular complexity index is 820. The number of piperidine rings is 1. The van der Waals surface area contributed by atoms with Crippen molar-refractivity contribution in [3.8, 4) is 0 Å². The van der Waals surface area contributed by atoms with Crippen LogP contribution in [0.1, 0.15) is 12.8 Å². The predicted molar refractivity (Wildman–Crippen MR) is 94.7 cm³/mol. The first-order valence-electron chi connectivity index (χ1n) is 8.50. The van der Waals surface area contributed by atoms with Gasteiger partial charge >= 0.3 is 0 Å². The topological polar surface area (TPSA) is 89.4 Å². The van der Waals surface area contributed by atoms with Gasteiger partial charge in [-0.15, -0.1) is 0 Å². The Kier molecular flexibility index (Phi) is 5.67. The van der Waals surface area contributed by atoms with E-state index in [0.29, 0.717) is 30.1 Å². The van der Waals surface area contributed by atoms with Crippen molar-refractivity contribution in [2.45, 2.75) is 17.7 Å². The maximum absolute atomic E-state index is 12.7. The normalized spacial score (nSPS) is 19.5. The molecular weight excluding hydrogens is 342 g/mol. The highest BCUT2D eigenvalue weighted by molar-refractivity contribution is 7.89. The monoisotopic (exact) mass is 367 g/mol. The molecule has 1 aromatic carbocycles. The maximum Gasteiger partial charge on any atom is 0.242 e. The number of fused-ring (bicyclic) bond motifs is 1. The van der Waals surface area contributed by atoms with Crippen molar-refractivity contribution in [2.75, 3.05) is 39.9 Å². The van der Waals surface area contributed by atoms with Gasteiger partial charge in [-0.05, 0) is 37.4 Å². The van der Waals surface area contributed by atoms with Gasteiger partial charge in [0.05, 0.1) is 6.61 Å². The number of methoxy groups -OCH3 is 1. The van der Waals surface area contributed by atoms with Crippen molar-refractivity contribution < 1.29 is 13.2 Å². The molecule has 0 amide bonds. The van der Waals surface area contributed by atoms with Gasteiger partial charge in [0.2, 0.25) is 10.0 Å². The molecule has 0 radical (unpaired) electrons. The number of rotatable bonds is 7. The van der Waals surface area contributed by atoms with E-state index in [1.165, 1.54) is 4.80 Å². The number of aromatic nitrogens is 3. The highest BCUT2D eigenvalue weighted by atomic mass is 32.2. The van der Waals surface area contributed by atoms with E-state index in [4.69, 9.17) is 4.74 Å². The molecule has 0 saturated carbocycles. The molecule has 1 aromatic heterocycles. The molecule has 1 fully saturated rings. The molecule has 1 aliphatic rings. The SMILES string of the molecule is COCCN1CCC[C@@H](CNS(=O)(=O)c2cccc3nn(C)nc23)C1. The average molecular weight is 367 g/mol. The van der Waals surface area contributed by atoms with Gasteiger partial charge in [-0.2, -0.15) is 15.0 Å². The standard InChI is InChI=1S/C16H25N5O3S/c1-20-18-14-6-3-7-15(16(14)19-20)25(22,23)17-11-13-5-4-8-21(12-13)9-10-24-2/h3,6-7,13,17H,4-5,8-12H2,1-2H3/t13-/m0/s1. The molecule has 8 nitrogen and oxygen atoms in total. The minimum absolute atomic E-state index is 0.185. The number of likely N-dealkylation sites (tertiary alicyclic amines) is 1. The number of nitrogens with one attached hydrogen (secondary N) is 1. The molecule has 2 heterocycles. The van der Waals surface area contributed by atoms with E-state index in [1.807, 2.05) is 0 Å². The fourth-order valence-corrected chi connectivity index (χ4v) is 4.55. The Morgan fingerprint density at radius 1 is 1.36 bits per heavy atom. The van der Waals surface area contributed by atoms with Crippen LogP contribution in [0.2, 0.25) is 0 Å². The van der Waals surface area contributed by atoms with Gasteiger partial charge in [-0.25, -0.2) is 13.1 Å². The van der Waals surface area contributed by atoms with Gasteiger partial charge in [0.1, 0.15) is 15.9 Å². The fraction of sp³-hybridized carbons (Fsp3) is 0.625. The number of sulfonamides is 1. The van der Waals surface area contributed by atoms with Crippen molar-refractivity contribution in [1.82, 2.24) is 24.6 Å². The smallest absolute Gasteiger partial charge is 0.242 e. The zero-order chi connectivity index (χ0) is 17.9. The molecule has 1 saturated heterocycles. The largest absolute Gasteiger partial charge is 0.383 e. The summed E-state index contributed by atoms with van der Waals surface area (Å²) >= 11 is 0. The van der Waals surface area contributed by atoms with Crippen LogP contribution in [0.5, 0.6) is 0 Å². The first-order chi connectivity index (χ1) is 12.0. The third kappa shape index (κ3) is 4.35. The minimum atomic E-state index is -3.62. The molecule has 9 heteroatoms. The van der Waals surface area contributed by atoms with Gasteiger partial charge in [-0.3, -0.25) is 0 Å². The molecule has 1 N–H and O–H groups in total. The first kappa shape index (κ1) is 18.2. The molecule has 2 aromatic rings. The summed E-state index contributed by atoms with van der Waals surface area (Å²) in [4.78, 5) is 3.90. The summed E-state index contributed by atoms with van der Waals surface area (Å²) in [5.41, 5.74) is 0.983. The third-order valence-electron chi connectivity index (χ3n) is 4.54. The van der Waals surface area contributed by atoms with Crippen LogP contribution in [0.3, 0.4) is 0 Å². The molecule has 0 spiro atoms. The maximum atomic E-state index is 12.7. The van der Waals surface area contributed by atoms with E-state index in [-0.39, 0.29) is 4.90 Å². The van der Waals surface area contributed by atoms with E-state index in [1.54, 1.807) is 32.4 Å². The van der Waals surface area contributed by atoms with Crippen LogP contribution in [0.15, 0.2) is 23.1 Å². The highest BCUT2D eigenvalue weighted by Crippen LogP contribution is 2.21. The summed E-state index contributed by atoms with van der Waals surface area (Å²) in [5.74, 6) is 0.307. The molecule has 0 bridgehead atoms. The summed E-state index contributed by atoms with van der Waals surface area (Å²) in [6.45, 7) is 3.96. The van der Waals surface area contributed by atoms with Crippen LogP contribution in [0.4, 0.5) is 0 Å². The number of benzene rings is 1. The van der Waals surface area contributed by atoms with Crippen LogP contribution in [0, 0.1) is 5.92 Å². The second-order valence-corrected chi connectivity index (χ2v) is 8.20. The fourth-order valence-electron chi connectivity index (χ4n) is 3.28. The molecular formula is C16H25N5O3S. The van der Waals surface area contributed by atoms with Crippen molar-refractivity contribution in [3.63, 3.8) is 0 Å². The molecule has 3 rings (SSSR count). The lowest BCUT2D eigenvalue weighted by Crippen LogP contribution is -2.42.